The Morgan fingerprint density at radius 2 is 2.18 bits per heavy atom. The van der Waals surface area contributed by atoms with Gasteiger partial charge in [0.1, 0.15) is 11.9 Å². The largest absolute Gasteiger partial charge is 0.354 e. The molecule has 0 saturated carbocycles. The number of nitrogens with one attached hydrogen (secondary N) is 2. The van der Waals surface area contributed by atoms with Gasteiger partial charge in [0, 0.05) is 25.4 Å². The van der Waals surface area contributed by atoms with Crippen LogP contribution in [0.1, 0.15) is 38.9 Å². The summed E-state index contributed by atoms with van der Waals surface area (Å²) in [6.07, 6.45) is 11.5. The smallest absolute Gasteiger partial charge is 0.278 e. The van der Waals surface area contributed by atoms with Crippen LogP contribution in [0.3, 0.4) is 0 Å². The molecule has 1 aliphatic rings. The average Bonchev–Trinajstić information content (AvgIpc) is 3.32. The Labute approximate surface area is 165 Å². The molecule has 2 aromatic rings. The first-order chi connectivity index (χ1) is 13.5. The Hall–Kier alpha value is -3.16. The van der Waals surface area contributed by atoms with Crippen molar-refractivity contribution in [2.45, 2.75) is 46.4 Å². The molecule has 0 spiro atoms. The van der Waals surface area contributed by atoms with E-state index in [-0.39, 0.29) is 11.7 Å². The van der Waals surface area contributed by atoms with Crippen molar-refractivity contribution in [2.24, 2.45) is 4.99 Å². The Morgan fingerprint density at radius 1 is 1.43 bits per heavy atom. The van der Waals surface area contributed by atoms with Crippen LogP contribution in [0.25, 0.3) is 0 Å². The highest BCUT2D eigenvalue weighted by atomic mass is 16.1. The van der Waals surface area contributed by atoms with Crippen LogP contribution >= 0.6 is 0 Å². The normalized spacial score (nSPS) is 15.4. The summed E-state index contributed by atoms with van der Waals surface area (Å²) < 4.78 is 3.49. The number of anilines is 2. The van der Waals surface area contributed by atoms with E-state index in [4.69, 9.17) is 0 Å². The molecule has 2 N–H and O–H groups in total. The van der Waals surface area contributed by atoms with E-state index < -0.39 is 0 Å². The molecule has 2 aromatic heterocycles. The molecule has 0 aromatic carbocycles. The molecule has 0 fully saturated rings. The van der Waals surface area contributed by atoms with Gasteiger partial charge in [0.25, 0.3) is 5.56 Å². The molecule has 8 heteroatoms. The molecule has 0 saturated heterocycles. The number of hydrogen-bond donors (Lipinski definition) is 2. The molecule has 3 rings (SSSR count). The van der Waals surface area contributed by atoms with Crippen LogP contribution in [-0.2, 0) is 13.1 Å². The molecule has 0 aliphatic carbocycles. The summed E-state index contributed by atoms with van der Waals surface area (Å²) in [6, 6.07) is 0. The zero-order chi connectivity index (χ0) is 20.5. The minimum atomic E-state index is -0.199. The highest BCUT2D eigenvalue weighted by Gasteiger charge is 2.26. The van der Waals surface area contributed by atoms with Gasteiger partial charge >= 0.3 is 0 Å². The predicted molar refractivity (Wildman–Crippen MR) is 115 cm³/mol. The Balaban J connectivity index is 0.000000640. The number of fused-ring (bicyclic) bond motifs is 1. The molecule has 0 bridgehead atoms. The maximum absolute atomic E-state index is 12.4. The molecule has 150 valence electrons. The maximum atomic E-state index is 12.4. The first-order valence-electron chi connectivity index (χ1n) is 9.33. The fourth-order valence-corrected chi connectivity index (χ4v) is 2.74. The molecule has 1 atom stereocenters. The van der Waals surface area contributed by atoms with E-state index in [9.17, 15) is 4.79 Å². The van der Waals surface area contributed by atoms with Gasteiger partial charge in [-0.25, -0.2) is 4.98 Å². The molecule has 0 radical (unpaired) electrons. The molecule has 3 heterocycles. The van der Waals surface area contributed by atoms with Gasteiger partial charge in [0.05, 0.1) is 19.1 Å². The van der Waals surface area contributed by atoms with Crippen molar-refractivity contribution >= 4 is 17.7 Å². The Bertz CT molecular complexity index is 904. The van der Waals surface area contributed by atoms with Gasteiger partial charge in [-0.1, -0.05) is 31.2 Å². The summed E-state index contributed by atoms with van der Waals surface area (Å²) in [7, 11) is 1.75. The van der Waals surface area contributed by atoms with E-state index in [0.717, 1.165) is 12.0 Å². The monoisotopic (exact) mass is 383 g/mol. The summed E-state index contributed by atoms with van der Waals surface area (Å²) in [5.74, 6) is 0.591. The van der Waals surface area contributed by atoms with Gasteiger partial charge in [0.2, 0.25) is 0 Å². The number of aromatic nitrogens is 4. The quantitative estimate of drug-likeness (QED) is 0.590. The van der Waals surface area contributed by atoms with Crippen LogP contribution < -0.4 is 16.2 Å². The van der Waals surface area contributed by atoms with E-state index in [1.165, 1.54) is 5.57 Å². The lowest BCUT2D eigenvalue weighted by Crippen LogP contribution is -2.22. The summed E-state index contributed by atoms with van der Waals surface area (Å²) in [5, 5.41) is 10.8. The highest BCUT2D eigenvalue weighted by molar-refractivity contribution is 5.69. The predicted octanol–water partition coefficient (Wildman–Crippen LogP) is 3.23. The first-order valence-corrected chi connectivity index (χ1v) is 9.33. The lowest BCUT2D eigenvalue weighted by Gasteiger charge is -2.08. The molecule has 28 heavy (non-hydrogen) atoms. The van der Waals surface area contributed by atoms with Gasteiger partial charge in [-0.15, -0.1) is 0 Å². The third-order valence-corrected chi connectivity index (χ3v) is 4.13. The van der Waals surface area contributed by atoms with Gasteiger partial charge < -0.3 is 15.6 Å². The first kappa shape index (κ1) is 21.1. The molecule has 1 unspecified atom stereocenters. The second-order valence-corrected chi connectivity index (χ2v) is 6.42. The molecular formula is C20H29N7O. The van der Waals surface area contributed by atoms with Crippen molar-refractivity contribution in [2.75, 3.05) is 17.7 Å². The third-order valence-electron chi connectivity index (χ3n) is 4.13. The van der Waals surface area contributed by atoms with Crippen LogP contribution in [0.4, 0.5) is 11.5 Å². The SMILES string of the molecule is C=C/C=C(\C)Cn1cc(C2Nc3ncn(CCC)c(=O)c3N2)cn1.CC=NC. The van der Waals surface area contributed by atoms with E-state index in [1.54, 1.807) is 36.4 Å². The topological polar surface area (TPSA) is 89.1 Å². The van der Waals surface area contributed by atoms with Crippen molar-refractivity contribution in [3.63, 3.8) is 0 Å². The number of allylic oxidation sites excluding steroid dienone is 3. The van der Waals surface area contributed by atoms with Crippen molar-refractivity contribution in [3.8, 4) is 0 Å². The van der Waals surface area contributed by atoms with Crippen molar-refractivity contribution in [3.05, 3.63) is 58.9 Å². The van der Waals surface area contributed by atoms with E-state index in [1.807, 2.05) is 37.7 Å². The zero-order valence-electron chi connectivity index (χ0n) is 17.0. The second-order valence-electron chi connectivity index (χ2n) is 6.42. The zero-order valence-corrected chi connectivity index (χ0v) is 17.0. The van der Waals surface area contributed by atoms with Gasteiger partial charge in [-0.2, -0.15) is 5.10 Å². The summed E-state index contributed by atoms with van der Waals surface area (Å²) in [4.78, 5) is 20.4. The van der Waals surface area contributed by atoms with Crippen molar-refractivity contribution in [1.29, 1.82) is 0 Å². The second kappa shape index (κ2) is 10.2. The molecule has 1 aliphatic heterocycles. The third kappa shape index (κ3) is 5.18. The molecule has 0 amide bonds. The van der Waals surface area contributed by atoms with Crippen LogP contribution in [0.5, 0.6) is 0 Å². The Kier molecular flexibility index (Phi) is 7.74. The number of aliphatic imine (C=N–C) groups is 1. The van der Waals surface area contributed by atoms with Crippen LogP contribution in [0.2, 0.25) is 0 Å². The number of aryl methyl sites for hydroxylation is 1. The number of rotatable bonds is 6. The highest BCUT2D eigenvalue weighted by Crippen LogP contribution is 2.30. The molecular weight excluding hydrogens is 354 g/mol. The van der Waals surface area contributed by atoms with E-state index in [0.29, 0.717) is 24.6 Å². The lowest BCUT2D eigenvalue weighted by molar-refractivity contribution is 0.644. The minimum Gasteiger partial charge on any atom is -0.354 e. The van der Waals surface area contributed by atoms with Crippen LogP contribution in [-0.4, -0.2) is 32.6 Å². The Morgan fingerprint density at radius 3 is 2.82 bits per heavy atom. The lowest BCUT2D eigenvalue weighted by atomic mass is 10.2. The molecule has 8 nitrogen and oxygen atoms in total. The van der Waals surface area contributed by atoms with E-state index >= 15 is 0 Å². The fourth-order valence-electron chi connectivity index (χ4n) is 2.74. The maximum Gasteiger partial charge on any atom is 0.278 e. The summed E-state index contributed by atoms with van der Waals surface area (Å²) in [5.41, 5.74) is 2.60. The average molecular weight is 384 g/mol. The standard InChI is InChI=1S/C17H22N6O.C3H7N/c1-4-6-12(3)9-23-10-13(8-19-23)15-20-14-16(21-15)18-11-22(7-5-2)17(14)24;1-3-4-2/h4,6,8,10-11,15,20-21H,1,5,7,9H2,2-3H3;3H,1-2H3/b12-6+;. The number of nitrogens with zero attached hydrogens (tertiary/aromatic N) is 5. The van der Waals surface area contributed by atoms with E-state index in [2.05, 4.69) is 32.3 Å². The fraction of sp³-hybridized carbons (Fsp3) is 0.400. The van der Waals surface area contributed by atoms with Crippen molar-refractivity contribution in [1.82, 2.24) is 19.3 Å². The summed E-state index contributed by atoms with van der Waals surface area (Å²) >= 11 is 0. The van der Waals surface area contributed by atoms with Gasteiger partial charge in [0.15, 0.2) is 5.82 Å². The number of hydrogen-bond acceptors (Lipinski definition) is 6. The van der Waals surface area contributed by atoms with Crippen LogP contribution in [0.15, 0.2) is 52.8 Å². The van der Waals surface area contributed by atoms with Crippen LogP contribution in [0, 0.1) is 0 Å². The van der Waals surface area contributed by atoms with Gasteiger partial charge in [-0.05, 0) is 26.5 Å². The summed E-state index contributed by atoms with van der Waals surface area (Å²) in [6.45, 7) is 11.0. The van der Waals surface area contributed by atoms with Gasteiger partial charge in [-0.3, -0.25) is 14.0 Å². The van der Waals surface area contributed by atoms with Crippen molar-refractivity contribution < 1.29 is 0 Å². The minimum absolute atomic E-state index is 0.0472.